The normalized spacial score (nSPS) is 12.4. The molecule has 2 rings (SSSR count). The zero-order chi connectivity index (χ0) is 10.7. The van der Waals surface area contributed by atoms with Crippen LogP contribution in [0.5, 0.6) is 0 Å². The van der Waals surface area contributed by atoms with E-state index in [9.17, 15) is 0 Å². The average Bonchev–Trinajstić information content (AvgIpc) is 2.74. The van der Waals surface area contributed by atoms with E-state index in [-0.39, 0.29) is 6.04 Å². The van der Waals surface area contributed by atoms with E-state index in [0.717, 1.165) is 16.0 Å². The second-order valence-electron chi connectivity index (χ2n) is 3.03. The molecule has 0 aliphatic rings. The Morgan fingerprint density at radius 3 is 3.07 bits per heavy atom. The van der Waals surface area contributed by atoms with Gasteiger partial charge in [0.1, 0.15) is 5.82 Å². The van der Waals surface area contributed by atoms with Crippen LogP contribution >= 0.6 is 27.5 Å². The van der Waals surface area contributed by atoms with Crippen LogP contribution in [-0.2, 0) is 0 Å². The number of rotatable bonds is 3. The van der Waals surface area contributed by atoms with Crippen LogP contribution in [0.15, 0.2) is 28.2 Å². The SMILES string of the molecule is CC(Nc1ncccc1Br)c1csnn1. The van der Waals surface area contributed by atoms with Gasteiger partial charge in [-0.2, -0.15) is 0 Å². The van der Waals surface area contributed by atoms with Crippen LogP contribution in [0.4, 0.5) is 5.82 Å². The third kappa shape index (κ3) is 2.51. The van der Waals surface area contributed by atoms with Crippen molar-refractivity contribution < 1.29 is 0 Å². The molecule has 0 fully saturated rings. The second kappa shape index (κ2) is 4.67. The van der Waals surface area contributed by atoms with Gasteiger partial charge in [0.15, 0.2) is 0 Å². The molecule has 78 valence electrons. The highest BCUT2D eigenvalue weighted by molar-refractivity contribution is 9.10. The predicted molar refractivity (Wildman–Crippen MR) is 63.9 cm³/mol. The van der Waals surface area contributed by atoms with Crippen LogP contribution in [0.3, 0.4) is 0 Å². The number of aromatic nitrogens is 3. The van der Waals surface area contributed by atoms with E-state index < -0.39 is 0 Å². The molecule has 2 aromatic rings. The topological polar surface area (TPSA) is 50.7 Å². The van der Waals surface area contributed by atoms with E-state index in [1.54, 1.807) is 6.20 Å². The number of nitrogens with one attached hydrogen (secondary N) is 1. The van der Waals surface area contributed by atoms with Gasteiger partial charge in [-0.05, 0) is 46.5 Å². The molecule has 0 radical (unpaired) electrons. The van der Waals surface area contributed by atoms with Crippen molar-refractivity contribution in [3.63, 3.8) is 0 Å². The standard InChI is InChI=1S/C9H9BrN4S/c1-6(8-5-15-14-13-8)12-9-7(10)3-2-4-11-9/h2-6H,1H3,(H,11,12). The summed E-state index contributed by atoms with van der Waals surface area (Å²) < 4.78 is 4.77. The maximum Gasteiger partial charge on any atom is 0.140 e. The fourth-order valence-electron chi connectivity index (χ4n) is 1.13. The van der Waals surface area contributed by atoms with Gasteiger partial charge >= 0.3 is 0 Å². The fraction of sp³-hybridized carbons (Fsp3) is 0.222. The molecule has 2 heterocycles. The third-order valence-electron chi connectivity index (χ3n) is 1.93. The highest BCUT2D eigenvalue weighted by atomic mass is 79.9. The minimum Gasteiger partial charge on any atom is -0.361 e. The Bertz CT molecular complexity index is 431. The summed E-state index contributed by atoms with van der Waals surface area (Å²) in [5.74, 6) is 0.818. The Morgan fingerprint density at radius 2 is 2.40 bits per heavy atom. The van der Waals surface area contributed by atoms with Gasteiger partial charge in [-0.25, -0.2) is 4.98 Å². The van der Waals surface area contributed by atoms with Gasteiger partial charge in [0, 0.05) is 11.6 Å². The molecule has 0 aliphatic carbocycles. The van der Waals surface area contributed by atoms with Crippen LogP contribution in [-0.4, -0.2) is 14.6 Å². The lowest BCUT2D eigenvalue weighted by molar-refractivity contribution is 0.820. The third-order valence-corrected chi connectivity index (χ3v) is 3.09. The van der Waals surface area contributed by atoms with E-state index in [0.29, 0.717) is 0 Å². The maximum atomic E-state index is 4.23. The van der Waals surface area contributed by atoms with Crippen molar-refractivity contribution in [2.24, 2.45) is 0 Å². The number of anilines is 1. The molecule has 0 spiro atoms. The molecule has 2 aromatic heterocycles. The highest BCUT2D eigenvalue weighted by Gasteiger charge is 2.10. The van der Waals surface area contributed by atoms with Gasteiger partial charge in [-0.3, -0.25) is 0 Å². The molecule has 0 saturated heterocycles. The Morgan fingerprint density at radius 1 is 1.53 bits per heavy atom. The minimum atomic E-state index is 0.106. The zero-order valence-corrected chi connectivity index (χ0v) is 10.4. The lowest BCUT2D eigenvalue weighted by Crippen LogP contribution is -2.08. The molecule has 0 aromatic carbocycles. The molecule has 4 nitrogen and oxygen atoms in total. The summed E-state index contributed by atoms with van der Waals surface area (Å²) >= 11 is 4.78. The molecular weight excluding hydrogens is 276 g/mol. The van der Waals surface area contributed by atoms with Crippen molar-refractivity contribution in [3.05, 3.63) is 33.9 Å². The predicted octanol–water partition coefficient (Wildman–Crippen LogP) is 2.87. The maximum absolute atomic E-state index is 4.23. The Kier molecular flexibility index (Phi) is 3.27. The van der Waals surface area contributed by atoms with Crippen molar-refractivity contribution in [2.75, 3.05) is 5.32 Å². The van der Waals surface area contributed by atoms with Crippen molar-refractivity contribution in [1.82, 2.24) is 14.6 Å². The first-order valence-electron chi connectivity index (χ1n) is 4.41. The lowest BCUT2D eigenvalue weighted by atomic mass is 10.2. The first-order valence-corrected chi connectivity index (χ1v) is 6.04. The molecule has 6 heteroatoms. The summed E-state index contributed by atoms with van der Waals surface area (Å²) in [5, 5.41) is 9.19. The minimum absolute atomic E-state index is 0.106. The van der Waals surface area contributed by atoms with Gasteiger partial charge in [-0.1, -0.05) is 4.49 Å². The summed E-state index contributed by atoms with van der Waals surface area (Å²) in [6.45, 7) is 2.03. The Labute approximate surface area is 100 Å². The number of halogens is 1. The van der Waals surface area contributed by atoms with Gasteiger partial charge in [0.2, 0.25) is 0 Å². The van der Waals surface area contributed by atoms with Gasteiger partial charge in [0.25, 0.3) is 0 Å². The van der Waals surface area contributed by atoms with Gasteiger partial charge in [0.05, 0.1) is 16.2 Å². The summed E-state index contributed by atoms with van der Waals surface area (Å²) in [6, 6.07) is 3.93. The molecule has 1 atom stereocenters. The summed E-state index contributed by atoms with van der Waals surface area (Å²) in [4.78, 5) is 4.23. The number of hydrogen-bond acceptors (Lipinski definition) is 5. The van der Waals surface area contributed by atoms with E-state index in [1.807, 2.05) is 24.4 Å². The molecule has 0 bridgehead atoms. The summed E-state index contributed by atoms with van der Waals surface area (Å²) in [6.07, 6.45) is 1.75. The zero-order valence-electron chi connectivity index (χ0n) is 8.01. The van der Waals surface area contributed by atoms with Gasteiger partial charge < -0.3 is 5.32 Å². The largest absolute Gasteiger partial charge is 0.361 e. The fourth-order valence-corrected chi connectivity index (χ4v) is 2.05. The molecule has 0 aliphatic heterocycles. The molecule has 0 amide bonds. The Hall–Kier alpha value is -1.01. The van der Waals surface area contributed by atoms with E-state index in [2.05, 4.69) is 35.8 Å². The van der Waals surface area contributed by atoms with E-state index in [4.69, 9.17) is 0 Å². The van der Waals surface area contributed by atoms with Gasteiger partial charge in [-0.15, -0.1) is 5.10 Å². The quantitative estimate of drug-likeness (QED) is 0.942. The van der Waals surface area contributed by atoms with Crippen LogP contribution in [0.1, 0.15) is 18.7 Å². The van der Waals surface area contributed by atoms with Crippen LogP contribution in [0.2, 0.25) is 0 Å². The molecule has 15 heavy (non-hydrogen) atoms. The van der Waals surface area contributed by atoms with Crippen molar-refractivity contribution >= 4 is 33.3 Å². The summed E-state index contributed by atoms with van der Waals surface area (Å²) in [7, 11) is 0. The van der Waals surface area contributed by atoms with Crippen LogP contribution in [0, 0.1) is 0 Å². The summed E-state index contributed by atoms with van der Waals surface area (Å²) in [5.41, 5.74) is 0.928. The molecule has 1 N–H and O–H groups in total. The average molecular weight is 285 g/mol. The highest BCUT2D eigenvalue weighted by Crippen LogP contribution is 2.23. The second-order valence-corrected chi connectivity index (χ2v) is 4.49. The van der Waals surface area contributed by atoms with Crippen molar-refractivity contribution in [2.45, 2.75) is 13.0 Å². The van der Waals surface area contributed by atoms with Crippen molar-refractivity contribution in [1.29, 1.82) is 0 Å². The Balaban J connectivity index is 2.13. The number of nitrogens with zero attached hydrogens (tertiary/aromatic N) is 3. The molecule has 0 saturated carbocycles. The number of pyridine rings is 1. The van der Waals surface area contributed by atoms with Crippen LogP contribution < -0.4 is 5.32 Å². The molecule has 1 unspecified atom stereocenters. The smallest absolute Gasteiger partial charge is 0.140 e. The van der Waals surface area contributed by atoms with E-state index in [1.165, 1.54) is 11.5 Å². The van der Waals surface area contributed by atoms with Crippen molar-refractivity contribution in [3.8, 4) is 0 Å². The number of hydrogen-bond donors (Lipinski definition) is 1. The van der Waals surface area contributed by atoms with E-state index >= 15 is 0 Å². The van der Waals surface area contributed by atoms with Crippen LogP contribution in [0.25, 0.3) is 0 Å². The first kappa shape index (κ1) is 10.5. The molecular formula is C9H9BrN4S. The first-order chi connectivity index (χ1) is 7.27. The lowest BCUT2D eigenvalue weighted by Gasteiger charge is -2.12. The monoisotopic (exact) mass is 284 g/mol.